The van der Waals surface area contributed by atoms with Crippen molar-refractivity contribution in [2.24, 2.45) is 5.41 Å². The maximum atomic E-state index is 11.6. The van der Waals surface area contributed by atoms with Crippen LogP contribution in [0.4, 0.5) is 11.5 Å². The predicted molar refractivity (Wildman–Crippen MR) is 134 cm³/mol. The fourth-order valence-electron chi connectivity index (χ4n) is 5.81. The number of carbonyl (C=O) groups excluding carboxylic acids is 1. The number of nitrogens with one attached hydrogen (secondary N) is 2. The van der Waals surface area contributed by atoms with Crippen LogP contribution in [0.2, 0.25) is 0 Å². The van der Waals surface area contributed by atoms with Gasteiger partial charge in [-0.3, -0.25) is 9.78 Å². The van der Waals surface area contributed by atoms with E-state index >= 15 is 0 Å². The van der Waals surface area contributed by atoms with Gasteiger partial charge < -0.3 is 30.1 Å². The summed E-state index contributed by atoms with van der Waals surface area (Å²) in [4.78, 5) is 27.6. The fourth-order valence-corrected chi connectivity index (χ4v) is 5.81. The zero-order chi connectivity index (χ0) is 24.7. The second-order valence-electron chi connectivity index (χ2n) is 9.99. The Kier molecular flexibility index (Phi) is 5.85. The van der Waals surface area contributed by atoms with Crippen LogP contribution < -0.4 is 25.0 Å². The van der Waals surface area contributed by atoms with Crippen LogP contribution in [0.5, 0.6) is 11.6 Å². The lowest BCUT2D eigenvalue weighted by molar-refractivity contribution is -0.118. The summed E-state index contributed by atoms with van der Waals surface area (Å²) in [5.74, 6) is 1.42. The molecule has 1 saturated carbocycles. The monoisotopic (exact) mass is 490 g/mol. The van der Waals surface area contributed by atoms with Gasteiger partial charge in [0.05, 0.1) is 30.1 Å². The number of hydrogen-bond donors (Lipinski definition) is 3. The fraction of sp³-hybridized carbons (Fsp3) is 0.462. The first kappa shape index (κ1) is 22.9. The number of carbonyl (C=O) groups is 1. The first-order valence-electron chi connectivity index (χ1n) is 12.4. The topological polar surface area (TPSA) is 122 Å². The lowest BCUT2D eigenvalue weighted by Gasteiger charge is -2.40. The predicted octanol–water partition coefficient (Wildman–Crippen LogP) is 2.26. The van der Waals surface area contributed by atoms with Crippen molar-refractivity contribution in [3.63, 3.8) is 0 Å². The van der Waals surface area contributed by atoms with Gasteiger partial charge in [-0.05, 0) is 55.4 Å². The van der Waals surface area contributed by atoms with Crippen LogP contribution in [-0.4, -0.2) is 64.9 Å². The van der Waals surface area contributed by atoms with Crippen molar-refractivity contribution in [3.8, 4) is 11.6 Å². The van der Waals surface area contributed by atoms with Gasteiger partial charge in [0.2, 0.25) is 5.88 Å². The molecule has 10 nitrogen and oxygen atoms in total. The zero-order valence-corrected chi connectivity index (χ0v) is 20.2. The average molecular weight is 491 g/mol. The van der Waals surface area contributed by atoms with E-state index < -0.39 is 6.10 Å². The lowest BCUT2D eigenvalue weighted by Crippen LogP contribution is -2.40. The standard InChI is InChI=1S/C26H30N6O4/c1-35-23-5-3-17-24(31-23)19(6-9-27-17)32-10-7-26(8-11-32)12-18(20(33)13-26)28-14-16-2-4-21-25(29-16)30-22(34)15-36-21/h2-6,9,18,20,28,33H,7-8,10-15H2,1H3,(H,29,30,34)/t18?,20-/m1/s1. The molecule has 0 radical (unpaired) electrons. The van der Waals surface area contributed by atoms with E-state index in [1.165, 1.54) is 0 Å². The van der Waals surface area contributed by atoms with Crippen LogP contribution in [0, 0.1) is 5.41 Å². The summed E-state index contributed by atoms with van der Waals surface area (Å²) in [6.45, 7) is 2.35. The van der Waals surface area contributed by atoms with Crippen LogP contribution in [0.15, 0.2) is 36.5 Å². The number of amides is 1. The largest absolute Gasteiger partial charge is 0.481 e. The lowest BCUT2D eigenvalue weighted by atomic mass is 9.76. The van der Waals surface area contributed by atoms with E-state index in [4.69, 9.17) is 9.47 Å². The summed E-state index contributed by atoms with van der Waals surface area (Å²) in [5, 5.41) is 17.1. The molecule has 2 aliphatic heterocycles. The van der Waals surface area contributed by atoms with Gasteiger partial charge in [-0.1, -0.05) is 0 Å². The minimum Gasteiger partial charge on any atom is -0.481 e. The van der Waals surface area contributed by atoms with Crippen LogP contribution in [0.1, 0.15) is 31.4 Å². The molecule has 188 valence electrons. The third-order valence-electron chi connectivity index (χ3n) is 7.75. The third kappa shape index (κ3) is 4.31. The Bertz CT molecular complexity index is 1290. The van der Waals surface area contributed by atoms with E-state index in [0.717, 1.165) is 61.2 Å². The molecule has 1 unspecified atom stereocenters. The number of fused-ring (bicyclic) bond motifs is 2. The molecule has 36 heavy (non-hydrogen) atoms. The van der Waals surface area contributed by atoms with Gasteiger partial charge in [-0.25, -0.2) is 9.97 Å². The van der Waals surface area contributed by atoms with Crippen molar-refractivity contribution in [3.05, 3.63) is 42.2 Å². The number of hydrogen-bond acceptors (Lipinski definition) is 9. The molecule has 1 aliphatic carbocycles. The summed E-state index contributed by atoms with van der Waals surface area (Å²) in [7, 11) is 1.62. The van der Waals surface area contributed by atoms with E-state index in [0.29, 0.717) is 24.0 Å². The normalized spacial score (nSPS) is 22.8. The number of pyridine rings is 3. The summed E-state index contributed by atoms with van der Waals surface area (Å²) >= 11 is 0. The van der Waals surface area contributed by atoms with Crippen molar-refractivity contribution in [1.82, 2.24) is 20.3 Å². The molecule has 0 bridgehead atoms. The van der Waals surface area contributed by atoms with Gasteiger partial charge in [-0.2, -0.15) is 0 Å². The van der Waals surface area contributed by atoms with Crippen LogP contribution in [-0.2, 0) is 11.3 Å². The molecule has 3 aromatic heterocycles. The highest BCUT2D eigenvalue weighted by Gasteiger charge is 2.46. The Labute approximate surface area is 209 Å². The number of aromatic nitrogens is 3. The highest BCUT2D eigenvalue weighted by molar-refractivity contribution is 5.94. The quantitative estimate of drug-likeness (QED) is 0.494. The number of aliphatic hydroxyl groups is 1. The molecule has 0 aromatic carbocycles. The minimum absolute atomic E-state index is 0.00732. The second-order valence-corrected chi connectivity index (χ2v) is 9.99. The SMILES string of the molecule is COc1ccc2nccc(N3CCC4(CC3)CC(NCc3ccc5c(n3)NC(=O)CO5)[C@H](O)C4)c2n1. The Morgan fingerprint density at radius 3 is 2.89 bits per heavy atom. The third-order valence-corrected chi connectivity index (χ3v) is 7.75. The molecule has 3 N–H and O–H groups in total. The maximum Gasteiger partial charge on any atom is 0.263 e. The highest BCUT2D eigenvalue weighted by Crippen LogP contribution is 2.47. The molecule has 10 heteroatoms. The smallest absolute Gasteiger partial charge is 0.263 e. The van der Waals surface area contributed by atoms with Crippen LogP contribution in [0.25, 0.3) is 11.0 Å². The zero-order valence-electron chi connectivity index (χ0n) is 20.2. The van der Waals surface area contributed by atoms with Gasteiger partial charge in [0.15, 0.2) is 18.2 Å². The number of aliphatic hydroxyl groups excluding tert-OH is 1. The van der Waals surface area contributed by atoms with E-state index in [-0.39, 0.29) is 24.0 Å². The van der Waals surface area contributed by atoms with Crippen LogP contribution >= 0.6 is 0 Å². The van der Waals surface area contributed by atoms with E-state index in [2.05, 4.69) is 30.5 Å². The summed E-state index contributed by atoms with van der Waals surface area (Å²) in [5.41, 5.74) is 3.72. The number of nitrogens with zero attached hydrogens (tertiary/aromatic N) is 4. The Morgan fingerprint density at radius 1 is 1.19 bits per heavy atom. The Balaban J connectivity index is 1.10. The van der Waals surface area contributed by atoms with Crippen molar-refractivity contribution >= 4 is 28.4 Å². The summed E-state index contributed by atoms with van der Waals surface area (Å²) in [6.07, 6.45) is 5.18. The van der Waals surface area contributed by atoms with Crippen molar-refractivity contribution in [2.75, 3.05) is 37.0 Å². The molecule has 1 saturated heterocycles. The van der Waals surface area contributed by atoms with E-state index in [9.17, 15) is 9.90 Å². The maximum absolute atomic E-state index is 11.6. The van der Waals surface area contributed by atoms with Gasteiger partial charge in [0, 0.05) is 37.9 Å². The second kappa shape index (κ2) is 9.18. The first-order valence-corrected chi connectivity index (χ1v) is 12.4. The van der Waals surface area contributed by atoms with Crippen molar-refractivity contribution in [2.45, 2.75) is 44.4 Å². The van der Waals surface area contributed by atoms with Gasteiger partial charge >= 0.3 is 0 Å². The van der Waals surface area contributed by atoms with Crippen molar-refractivity contribution in [1.29, 1.82) is 0 Å². The Morgan fingerprint density at radius 2 is 2.06 bits per heavy atom. The molecule has 1 amide bonds. The molecular weight excluding hydrogens is 460 g/mol. The molecule has 5 heterocycles. The first-order chi connectivity index (χ1) is 17.5. The number of piperidine rings is 1. The average Bonchev–Trinajstić information content (AvgIpc) is 3.21. The number of ether oxygens (including phenoxy) is 2. The van der Waals surface area contributed by atoms with E-state index in [1.54, 1.807) is 7.11 Å². The molecule has 2 atom stereocenters. The number of anilines is 2. The number of rotatable bonds is 5. The van der Waals surface area contributed by atoms with Crippen LogP contribution in [0.3, 0.4) is 0 Å². The van der Waals surface area contributed by atoms with Gasteiger partial charge in [-0.15, -0.1) is 0 Å². The van der Waals surface area contributed by atoms with Crippen molar-refractivity contribution < 1.29 is 19.4 Å². The molecule has 2 fully saturated rings. The summed E-state index contributed by atoms with van der Waals surface area (Å²) in [6, 6.07) is 9.53. The number of methoxy groups -OCH3 is 1. The summed E-state index contributed by atoms with van der Waals surface area (Å²) < 4.78 is 10.7. The molecule has 3 aliphatic rings. The highest BCUT2D eigenvalue weighted by atomic mass is 16.5. The molecule has 3 aromatic rings. The minimum atomic E-state index is -0.398. The Hall–Kier alpha value is -3.50. The van der Waals surface area contributed by atoms with Gasteiger partial charge in [0.25, 0.3) is 5.91 Å². The molecular formula is C26H30N6O4. The molecule has 6 rings (SSSR count). The van der Waals surface area contributed by atoms with E-state index in [1.807, 2.05) is 36.5 Å². The molecule has 1 spiro atoms. The van der Waals surface area contributed by atoms with Gasteiger partial charge in [0.1, 0.15) is 5.52 Å².